The number of nitrogens with one attached hydrogen (secondary N) is 1. The number of aliphatic carboxylic acids is 1. The fourth-order valence-electron chi connectivity index (χ4n) is 1.94. The molecule has 1 aromatic rings. The topological polar surface area (TPSA) is 66.4 Å². The molecule has 1 aromatic carbocycles. The van der Waals surface area contributed by atoms with Crippen LogP contribution in [0.3, 0.4) is 0 Å². The Balaban J connectivity index is 2.69. The van der Waals surface area contributed by atoms with E-state index in [9.17, 15) is 14.7 Å². The molecule has 1 atom stereocenters. The van der Waals surface area contributed by atoms with Gasteiger partial charge in [-0.15, -0.1) is 0 Å². The average Bonchev–Trinajstić information content (AvgIpc) is 2.35. The van der Waals surface area contributed by atoms with Crippen molar-refractivity contribution >= 4 is 46.1 Å². The largest absolute Gasteiger partial charge is 0.481 e. The molecule has 0 saturated heterocycles. The Morgan fingerprint density at radius 1 is 1.38 bits per heavy atom. The fraction of sp³-hybridized carbons (Fsp3) is 0.467. The molecule has 1 rings (SSSR count). The molecule has 0 bridgehead atoms. The molecule has 2 N–H and O–H groups in total. The molecular weight excluding hydrogens is 405 g/mol. The van der Waals surface area contributed by atoms with Gasteiger partial charge in [-0.3, -0.25) is 9.59 Å². The van der Waals surface area contributed by atoms with Crippen molar-refractivity contribution in [2.45, 2.75) is 27.2 Å². The summed E-state index contributed by atoms with van der Waals surface area (Å²) in [6.45, 7) is 6.03. The summed E-state index contributed by atoms with van der Waals surface area (Å²) in [5.41, 5.74) is 0.320. The molecule has 1 amide bonds. The van der Waals surface area contributed by atoms with Gasteiger partial charge in [0, 0.05) is 15.7 Å². The first-order valence-electron chi connectivity index (χ1n) is 6.56. The highest BCUT2D eigenvalue weighted by molar-refractivity contribution is 14.1. The molecule has 0 fully saturated rings. The Morgan fingerprint density at radius 3 is 2.48 bits per heavy atom. The summed E-state index contributed by atoms with van der Waals surface area (Å²) in [5, 5.41) is 12.4. The number of carbonyl (C=O) groups is 2. The molecule has 1 unspecified atom stereocenters. The molecule has 21 heavy (non-hydrogen) atoms. The van der Waals surface area contributed by atoms with Gasteiger partial charge in [-0.25, -0.2) is 0 Å². The van der Waals surface area contributed by atoms with Gasteiger partial charge in [-0.1, -0.05) is 32.4 Å². The quantitative estimate of drug-likeness (QED) is 0.708. The molecular formula is C15H19ClINO3. The number of benzene rings is 1. The highest BCUT2D eigenvalue weighted by Gasteiger charge is 2.25. The third kappa shape index (κ3) is 6.22. The summed E-state index contributed by atoms with van der Waals surface area (Å²) in [7, 11) is 0. The van der Waals surface area contributed by atoms with E-state index in [0.717, 1.165) is 3.57 Å². The van der Waals surface area contributed by atoms with Crippen molar-refractivity contribution in [1.29, 1.82) is 0 Å². The van der Waals surface area contributed by atoms with Gasteiger partial charge < -0.3 is 10.4 Å². The predicted molar refractivity (Wildman–Crippen MR) is 91.7 cm³/mol. The van der Waals surface area contributed by atoms with E-state index in [0.29, 0.717) is 17.0 Å². The first-order valence-corrected chi connectivity index (χ1v) is 8.02. The highest BCUT2D eigenvalue weighted by atomic mass is 127. The van der Waals surface area contributed by atoms with E-state index < -0.39 is 11.9 Å². The zero-order valence-corrected chi connectivity index (χ0v) is 15.2. The Bertz CT molecular complexity index is 540. The first-order chi connectivity index (χ1) is 9.60. The van der Waals surface area contributed by atoms with Crippen LogP contribution in [0, 0.1) is 14.9 Å². The number of carboxylic acid groups (broad SMARTS) is 1. The zero-order valence-electron chi connectivity index (χ0n) is 12.2. The molecule has 0 heterocycles. The SMILES string of the molecule is CC(C)(C)CC(CNC(=O)c1ccc(I)c(Cl)c1)C(=O)O. The minimum Gasteiger partial charge on any atom is -0.481 e. The van der Waals surface area contributed by atoms with Gasteiger partial charge in [0.15, 0.2) is 0 Å². The molecule has 6 heteroatoms. The van der Waals surface area contributed by atoms with Gasteiger partial charge in [0.25, 0.3) is 5.91 Å². The van der Waals surface area contributed by atoms with Crippen molar-refractivity contribution in [2.24, 2.45) is 11.3 Å². The van der Waals surface area contributed by atoms with Crippen molar-refractivity contribution in [3.8, 4) is 0 Å². The van der Waals surface area contributed by atoms with Gasteiger partial charge in [0.2, 0.25) is 0 Å². The van der Waals surface area contributed by atoms with Crippen LogP contribution in [0.5, 0.6) is 0 Å². The summed E-state index contributed by atoms with van der Waals surface area (Å²) in [6, 6.07) is 5.00. The van der Waals surface area contributed by atoms with Gasteiger partial charge in [0.05, 0.1) is 10.9 Å². The highest BCUT2D eigenvalue weighted by Crippen LogP contribution is 2.24. The van der Waals surface area contributed by atoms with Crippen LogP contribution in [0.4, 0.5) is 0 Å². The van der Waals surface area contributed by atoms with E-state index in [-0.39, 0.29) is 17.9 Å². The Labute approximate surface area is 143 Å². The second-order valence-corrected chi connectivity index (χ2v) is 7.71. The van der Waals surface area contributed by atoms with E-state index >= 15 is 0 Å². The standard InChI is InChI=1S/C15H19ClINO3/c1-15(2,3)7-10(14(20)21)8-18-13(19)9-4-5-12(17)11(16)6-9/h4-6,10H,7-8H2,1-3H3,(H,18,19)(H,20,21). The fourth-order valence-corrected chi connectivity index (χ4v) is 2.46. The summed E-state index contributed by atoms with van der Waals surface area (Å²) >= 11 is 8.05. The van der Waals surface area contributed by atoms with E-state index in [1.807, 2.05) is 20.8 Å². The molecule has 4 nitrogen and oxygen atoms in total. The minimum atomic E-state index is -0.897. The van der Waals surface area contributed by atoms with Crippen LogP contribution in [0.15, 0.2) is 18.2 Å². The van der Waals surface area contributed by atoms with Gasteiger partial charge in [-0.2, -0.15) is 0 Å². The Hall–Kier alpha value is -0.820. The number of hydrogen-bond donors (Lipinski definition) is 2. The number of amides is 1. The van der Waals surface area contributed by atoms with Crippen molar-refractivity contribution < 1.29 is 14.7 Å². The molecule has 0 aromatic heterocycles. The lowest BCUT2D eigenvalue weighted by Gasteiger charge is -2.23. The summed E-state index contributed by atoms with van der Waals surface area (Å²) in [5.74, 6) is -1.81. The van der Waals surface area contributed by atoms with Crippen LogP contribution in [-0.2, 0) is 4.79 Å². The Kier molecular flexibility index (Phi) is 6.46. The van der Waals surface area contributed by atoms with Gasteiger partial charge in [0.1, 0.15) is 0 Å². The van der Waals surface area contributed by atoms with Crippen molar-refractivity contribution in [3.05, 3.63) is 32.4 Å². The lowest BCUT2D eigenvalue weighted by molar-refractivity contribution is -0.142. The lowest BCUT2D eigenvalue weighted by Crippen LogP contribution is -2.35. The van der Waals surface area contributed by atoms with Crippen LogP contribution >= 0.6 is 34.2 Å². The third-order valence-corrected chi connectivity index (χ3v) is 4.47. The maximum atomic E-state index is 12.0. The monoisotopic (exact) mass is 423 g/mol. The molecule has 0 spiro atoms. The van der Waals surface area contributed by atoms with Crippen LogP contribution < -0.4 is 5.32 Å². The molecule has 0 aliphatic carbocycles. The molecule has 0 radical (unpaired) electrons. The summed E-state index contributed by atoms with van der Waals surface area (Å²) < 4.78 is 0.863. The Morgan fingerprint density at radius 2 is 2.00 bits per heavy atom. The van der Waals surface area contributed by atoms with Crippen molar-refractivity contribution in [1.82, 2.24) is 5.32 Å². The number of halogens is 2. The van der Waals surface area contributed by atoms with Crippen molar-refractivity contribution in [2.75, 3.05) is 6.54 Å². The smallest absolute Gasteiger partial charge is 0.308 e. The number of rotatable bonds is 5. The second kappa shape index (κ2) is 7.45. The van der Waals surface area contributed by atoms with Gasteiger partial charge in [-0.05, 0) is 52.6 Å². The summed E-state index contributed by atoms with van der Waals surface area (Å²) in [4.78, 5) is 23.3. The molecule has 116 valence electrons. The average molecular weight is 424 g/mol. The van der Waals surface area contributed by atoms with E-state index in [1.54, 1.807) is 18.2 Å². The number of carbonyl (C=O) groups excluding carboxylic acids is 1. The van der Waals surface area contributed by atoms with Crippen LogP contribution in [0.1, 0.15) is 37.6 Å². The first kappa shape index (κ1) is 18.2. The molecule has 0 aliphatic heterocycles. The maximum absolute atomic E-state index is 12.0. The van der Waals surface area contributed by atoms with Gasteiger partial charge >= 0.3 is 5.97 Å². The number of hydrogen-bond acceptors (Lipinski definition) is 2. The van der Waals surface area contributed by atoms with E-state index in [1.165, 1.54) is 0 Å². The van der Waals surface area contributed by atoms with Crippen molar-refractivity contribution in [3.63, 3.8) is 0 Å². The summed E-state index contributed by atoms with van der Waals surface area (Å²) in [6.07, 6.45) is 0.496. The normalized spacial score (nSPS) is 12.8. The zero-order chi connectivity index (χ0) is 16.2. The van der Waals surface area contributed by atoms with Crippen LogP contribution in [0.25, 0.3) is 0 Å². The van der Waals surface area contributed by atoms with E-state index in [4.69, 9.17) is 11.6 Å². The molecule has 0 saturated carbocycles. The predicted octanol–water partition coefficient (Wildman–Crippen LogP) is 3.81. The minimum absolute atomic E-state index is 0.106. The number of carboxylic acids is 1. The van der Waals surface area contributed by atoms with E-state index in [2.05, 4.69) is 27.9 Å². The van der Waals surface area contributed by atoms with Crippen LogP contribution in [0.2, 0.25) is 5.02 Å². The third-order valence-electron chi connectivity index (χ3n) is 2.90. The second-order valence-electron chi connectivity index (χ2n) is 6.14. The molecule has 0 aliphatic rings. The maximum Gasteiger partial charge on any atom is 0.308 e. The van der Waals surface area contributed by atoms with Crippen LogP contribution in [-0.4, -0.2) is 23.5 Å². The lowest BCUT2D eigenvalue weighted by atomic mass is 9.84.